The molecule has 0 amide bonds. The number of hydrogen-bond acceptors (Lipinski definition) is 2. The summed E-state index contributed by atoms with van der Waals surface area (Å²) in [6.07, 6.45) is 6.56. The Morgan fingerprint density at radius 1 is 1.16 bits per heavy atom. The van der Waals surface area contributed by atoms with E-state index in [9.17, 15) is 13.9 Å². The second kappa shape index (κ2) is 6.66. The van der Waals surface area contributed by atoms with Crippen LogP contribution in [0.25, 0.3) is 0 Å². The van der Waals surface area contributed by atoms with E-state index in [2.05, 4.69) is 10.8 Å². The smallest absolute Gasteiger partial charge is 0.387 e. The molecule has 2 rings (SSSR count). The lowest BCUT2D eigenvalue weighted by atomic mass is 9.98. The van der Waals surface area contributed by atoms with Gasteiger partial charge >= 0.3 is 6.61 Å². The second-order valence-electron chi connectivity index (χ2n) is 4.73. The van der Waals surface area contributed by atoms with Gasteiger partial charge in [0.05, 0.1) is 0 Å². The van der Waals surface area contributed by atoms with E-state index in [0.717, 1.165) is 31.3 Å². The van der Waals surface area contributed by atoms with Crippen LogP contribution in [0.3, 0.4) is 0 Å². The highest BCUT2D eigenvalue weighted by molar-refractivity contribution is 5.33. The number of halogens is 2. The van der Waals surface area contributed by atoms with Crippen LogP contribution in [0.4, 0.5) is 8.78 Å². The van der Waals surface area contributed by atoms with Crippen LogP contribution in [0.15, 0.2) is 35.9 Å². The normalized spacial score (nSPS) is 17.8. The van der Waals surface area contributed by atoms with Gasteiger partial charge in [0.2, 0.25) is 0 Å². The first kappa shape index (κ1) is 14.0. The Hall–Kier alpha value is -1.42. The first-order valence-electron chi connectivity index (χ1n) is 6.58. The molecule has 1 N–H and O–H groups in total. The van der Waals surface area contributed by atoms with Crippen molar-refractivity contribution in [1.29, 1.82) is 0 Å². The van der Waals surface area contributed by atoms with Crippen molar-refractivity contribution < 1.29 is 18.6 Å². The molecule has 0 aromatic heterocycles. The number of aliphatic hydroxyl groups excluding tert-OH is 1. The minimum atomic E-state index is -2.84. The van der Waals surface area contributed by atoms with Crippen LogP contribution in [0.2, 0.25) is 0 Å². The van der Waals surface area contributed by atoms with Gasteiger partial charge in [0, 0.05) is 0 Å². The van der Waals surface area contributed by atoms with E-state index in [1.165, 1.54) is 18.6 Å². The molecule has 0 bridgehead atoms. The third-order valence-corrected chi connectivity index (χ3v) is 3.33. The highest BCUT2D eigenvalue weighted by Crippen LogP contribution is 2.30. The quantitative estimate of drug-likeness (QED) is 0.829. The average Bonchev–Trinajstić information content (AvgIpc) is 2.66. The molecule has 1 aromatic carbocycles. The molecule has 4 heteroatoms. The zero-order valence-corrected chi connectivity index (χ0v) is 10.7. The van der Waals surface area contributed by atoms with Crippen LogP contribution in [0, 0.1) is 0 Å². The molecule has 0 fully saturated rings. The summed E-state index contributed by atoms with van der Waals surface area (Å²) in [5, 5.41) is 10.3. The van der Waals surface area contributed by atoms with E-state index in [-0.39, 0.29) is 5.75 Å². The van der Waals surface area contributed by atoms with E-state index >= 15 is 0 Å². The highest BCUT2D eigenvalue weighted by atomic mass is 19.3. The summed E-state index contributed by atoms with van der Waals surface area (Å²) in [5.74, 6) is 0.0840. The fourth-order valence-electron chi connectivity index (χ4n) is 2.36. The van der Waals surface area contributed by atoms with Crippen molar-refractivity contribution in [3.63, 3.8) is 0 Å². The third kappa shape index (κ3) is 4.03. The van der Waals surface area contributed by atoms with E-state index in [4.69, 9.17) is 0 Å². The largest absolute Gasteiger partial charge is 0.435 e. The molecule has 0 saturated carbocycles. The summed E-state index contributed by atoms with van der Waals surface area (Å²) < 4.78 is 28.7. The van der Waals surface area contributed by atoms with Crippen LogP contribution in [-0.4, -0.2) is 11.7 Å². The molecule has 104 valence electrons. The lowest BCUT2D eigenvalue weighted by Crippen LogP contribution is -2.05. The van der Waals surface area contributed by atoms with Gasteiger partial charge in [-0.1, -0.05) is 24.6 Å². The van der Waals surface area contributed by atoms with Crippen molar-refractivity contribution in [1.82, 2.24) is 0 Å². The maximum atomic E-state index is 12.2. The SMILES string of the molecule is OC(C1=CCCCCC1)c1cccc(OC(F)F)c1. The Labute approximate surface area is 111 Å². The molecule has 0 heterocycles. The predicted octanol–water partition coefficient (Wildman–Crippen LogP) is 4.21. The van der Waals surface area contributed by atoms with Gasteiger partial charge in [0.25, 0.3) is 0 Å². The predicted molar refractivity (Wildman–Crippen MR) is 69.2 cm³/mol. The van der Waals surface area contributed by atoms with Gasteiger partial charge < -0.3 is 9.84 Å². The number of ether oxygens (including phenoxy) is 1. The Bertz CT molecular complexity index is 444. The van der Waals surface area contributed by atoms with Crippen molar-refractivity contribution in [2.75, 3.05) is 0 Å². The zero-order chi connectivity index (χ0) is 13.7. The first-order valence-corrected chi connectivity index (χ1v) is 6.58. The van der Waals surface area contributed by atoms with Gasteiger partial charge in [0.15, 0.2) is 0 Å². The number of allylic oxidation sites excluding steroid dienone is 1. The zero-order valence-electron chi connectivity index (χ0n) is 10.7. The van der Waals surface area contributed by atoms with Crippen LogP contribution < -0.4 is 4.74 Å². The fraction of sp³-hybridized carbons (Fsp3) is 0.467. The van der Waals surface area contributed by atoms with Crippen molar-refractivity contribution >= 4 is 0 Å². The first-order chi connectivity index (χ1) is 9.16. The highest BCUT2D eigenvalue weighted by Gasteiger charge is 2.16. The molecule has 0 radical (unpaired) electrons. The molecule has 1 unspecified atom stereocenters. The molecule has 1 aromatic rings. The summed E-state index contributed by atoms with van der Waals surface area (Å²) in [7, 11) is 0. The summed E-state index contributed by atoms with van der Waals surface area (Å²) >= 11 is 0. The summed E-state index contributed by atoms with van der Waals surface area (Å²) in [4.78, 5) is 0. The van der Waals surface area contributed by atoms with Gasteiger partial charge in [-0.2, -0.15) is 8.78 Å². The standard InChI is InChI=1S/C15H18F2O2/c16-15(17)19-13-9-5-8-12(10-13)14(18)11-6-3-1-2-4-7-11/h5-6,8-10,14-15,18H,1-4,7H2. The third-order valence-electron chi connectivity index (χ3n) is 3.33. The summed E-state index contributed by atoms with van der Waals surface area (Å²) in [5.41, 5.74) is 1.58. The van der Waals surface area contributed by atoms with Crippen molar-refractivity contribution in [3.05, 3.63) is 41.5 Å². The van der Waals surface area contributed by atoms with Crippen LogP contribution in [0.5, 0.6) is 5.75 Å². The van der Waals surface area contributed by atoms with Gasteiger partial charge in [0.1, 0.15) is 11.9 Å². The second-order valence-corrected chi connectivity index (χ2v) is 4.73. The Kier molecular flexibility index (Phi) is 4.91. The minimum absolute atomic E-state index is 0.0840. The van der Waals surface area contributed by atoms with Gasteiger partial charge in [-0.05, 0) is 49.0 Å². The van der Waals surface area contributed by atoms with Crippen molar-refractivity contribution in [3.8, 4) is 5.75 Å². The van der Waals surface area contributed by atoms with E-state index in [1.54, 1.807) is 12.1 Å². The molecular formula is C15H18F2O2. The number of aliphatic hydroxyl groups is 1. The van der Waals surface area contributed by atoms with Crippen LogP contribution >= 0.6 is 0 Å². The molecule has 1 aliphatic rings. The van der Waals surface area contributed by atoms with E-state index < -0.39 is 12.7 Å². The lowest BCUT2D eigenvalue weighted by Gasteiger charge is -2.15. The Morgan fingerprint density at radius 3 is 2.79 bits per heavy atom. The molecule has 0 saturated heterocycles. The molecule has 0 aliphatic heterocycles. The van der Waals surface area contributed by atoms with Gasteiger partial charge in [-0.15, -0.1) is 0 Å². The number of hydrogen-bond donors (Lipinski definition) is 1. The van der Waals surface area contributed by atoms with E-state index in [0.29, 0.717) is 5.56 Å². The lowest BCUT2D eigenvalue weighted by molar-refractivity contribution is -0.0499. The Morgan fingerprint density at radius 2 is 2.00 bits per heavy atom. The molecule has 2 nitrogen and oxygen atoms in total. The average molecular weight is 268 g/mol. The topological polar surface area (TPSA) is 29.5 Å². The number of alkyl halides is 2. The van der Waals surface area contributed by atoms with Crippen LogP contribution in [-0.2, 0) is 0 Å². The van der Waals surface area contributed by atoms with Crippen molar-refractivity contribution in [2.45, 2.75) is 44.8 Å². The number of rotatable bonds is 4. The number of benzene rings is 1. The molecule has 19 heavy (non-hydrogen) atoms. The maximum absolute atomic E-state index is 12.2. The maximum Gasteiger partial charge on any atom is 0.387 e. The Balaban J connectivity index is 2.13. The fourth-order valence-corrected chi connectivity index (χ4v) is 2.36. The summed E-state index contributed by atoms with van der Waals surface area (Å²) in [6, 6.07) is 6.29. The van der Waals surface area contributed by atoms with Gasteiger partial charge in [-0.3, -0.25) is 0 Å². The summed E-state index contributed by atoms with van der Waals surface area (Å²) in [6.45, 7) is -2.84. The molecule has 1 atom stereocenters. The van der Waals surface area contributed by atoms with Gasteiger partial charge in [-0.25, -0.2) is 0 Å². The molecule has 0 spiro atoms. The van der Waals surface area contributed by atoms with Crippen molar-refractivity contribution in [2.24, 2.45) is 0 Å². The van der Waals surface area contributed by atoms with E-state index in [1.807, 2.05) is 0 Å². The van der Waals surface area contributed by atoms with Crippen LogP contribution in [0.1, 0.15) is 43.8 Å². The minimum Gasteiger partial charge on any atom is -0.435 e. The molecule has 1 aliphatic carbocycles. The molecular weight excluding hydrogens is 250 g/mol. The monoisotopic (exact) mass is 268 g/mol.